The maximum absolute atomic E-state index is 12.4. The van der Waals surface area contributed by atoms with Gasteiger partial charge in [-0.2, -0.15) is 0 Å². The van der Waals surface area contributed by atoms with Crippen molar-refractivity contribution in [2.24, 2.45) is 0 Å². The van der Waals surface area contributed by atoms with Gasteiger partial charge in [0.05, 0.1) is 5.75 Å². The molecule has 0 aliphatic carbocycles. The van der Waals surface area contributed by atoms with E-state index in [1.165, 1.54) is 16.7 Å². The summed E-state index contributed by atoms with van der Waals surface area (Å²) >= 11 is 1.65. The Morgan fingerprint density at radius 2 is 1.50 bits per heavy atom. The Hall–Kier alpha value is -2.52. The van der Waals surface area contributed by atoms with Crippen molar-refractivity contribution in [3.8, 4) is 0 Å². The zero-order valence-electron chi connectivity index (χ0n) is 14.9. The van der Waals surface area contributed by atoms with E-state index in [1.54, 1.807) is 11.8 Å². The van der Waals surface area contributed by atoms with Crippen LogP contribution in [0.25, 0.3) is 0 Å². The molecule has 3 aromatic carbocycles. The molecule has 0 spiro atoms. The van der Waals surface area contributed by atoms with E-state index in [9.17, 15) is 4.79 Å². The lowest BCUT2D eigenvalue weighted by atomic mass is 10.0. The summed E-state index contributed by atoms with van der Waals surface area (Å²) in [7, 11) is 0. The van der Waals surface area contributed by atoms with E-state index < -0.39 is 0 Å². The van der Waals surface area contributed by atoms with Gasteiger partial charge in [0.1, 0.15) is 0 Å². The topological polar surface area (TPSA) is 29.1 Å². The van der Waals surface area contributed by atoms with Crippen molar-refractivity contribution in [3.05, 3.63) is 101 Å². The van der Waals surface area contributed by atoms with E-state index in [1.807, 2.05) is 48.5 Å². The van der Waals surface area contributed by atoms with Gasteiger partial charge in [-0.25, -0.2) is 0 Å². The minimum Gasteiger partial charge on any atom is -0.325 e. The Bertz CT molecular complexity index is 861. The summed E-state index contributed by atoms with van der Waals surface area (Å²) in [6, 6.07) is 26.7. The Morgan fingerprint density at radius 1 is 0.846 bits per heavy atom. The summed E-state index contributed by atoms with van der Waals surface area (Å²) in [6.45, 7) is 2.11. The van der Waals surface area contributed by atoms with Gasteiger partial charge in [0.15, 0.2) is 0 Å². The largest absolute Gasteiger partial charge is 0.325 e. The Balaban J connectivity index is 1.57. The van der Waals surface area contributed by atoms with Gasteiger partial charge >= 0.3 is 0 Å². The quantitative estimate of drug-likeness (QED) is 0.605. The minimum atomic E-state index is 0.0455. The van der Waals surface area contributed by atoms with E-state index in [0.29, 0.717) is 5.75 Å². The number of carbonyl (C=O) groups excluding carboxylic acids is 1. The lowest BCUT2D eigenvalue weighted by molar-refractivity contribution is -0.113. The number of hydrogen-bond donors (Lipinski definition) is 1. The molecule has 3 aromatic rings. The van der Waals surface area contributed by atoms with Crippen LogP contribution in [0, 0.1) is 6.92 Å². The number of aryl methyl sites for hydroxylation is 1. The molecule has 0 saturated carbocycles. The zero-order valence-corrected chi connectivity index (χ0v) is 15.8. The monoisotopic (exact) mass is 361 g/mol. The van der Waals surface area contributed by atoms with Crippen LogP contribution in [0.2, 0.25) is 0 Å². The number of nitrogens with one attached hydrogen (secondary N) is 1. The summed E-state index contributed by atoms with van der Waals surface area (Å²) in [5, 5.41) is 3.07. The lowest BCUT2D eigenvalue weighted by Crippen LogP contribution is -2.15. The van der Waals surface area contributed by atoms with Crippen LogP contribution in [-0.2, 0) is 17.0 Å². The van der Waals surface area contributed by atoms with E-state index in [-0.39, 0.29) is 5.91 Å². The van der Waals surface area contributed by atoms with Gasteiger partial charge in [-0.1, -0.05) is 72.8 Å². The maximum Gasteiger partial charge on any atom is 0.234 e. The highest BCUT2D eigenvalue weighted by Crippen LogP contribution is 2.20. The third-order valence-corrected chi connectivity index (χ3v) is 5.26. The average molecular weight is 362 g/mol. The fourth-order valence-electron chi connectivity index (χ4n) is 2.82. The van der Waals surface area contributed by atoms with Gasteiger partial charge in [0.2, 0.25) is 5.91 Å². The van der Waals surface area contributed by atoms with Crippen LogP contribution in [0.5, 0.6) is 0 Å². The molecule has 0 saturated heterocycles. The van der Waals surface area contributed by atoms with Crippen molar-refractivity contribution in [2.75, 3.05) is 11.1 Å². The SMILES string of the molecule is Cc1ccccc1CSCC(=O)Nc1ccccc1Cc1ccccc1. The molecule has 0 aliphatic heterocycles. The average Bonchev–Trinajstić information content (AvgIpc) is 2.66. The summed E-state index contributed by atoms with van der Waals surface area (Å²) in [5.41, 5.74) is 5.83. The number of hydrogen-bond acceptors (Lipinski definition) is 2. The fraction of sp³-hybridized carbons (Fsp3) is 0.174. The van der Waals surface area contributed by atoms with E-state index in [2.05, 4.69) is 42.6 Å². The summed E-state index contributed by atoms with van der Waals surface area (Å²) in [4.78, 5) is 12.4. The molecule has 0 radical (unpaired) electrons. The molecule has 3 rings (SSSR count). The molecule has 0 bridgehead atoms. The smallest absolute Gasteiger partial charge is 0.234 e. The molecule has 26 heavy (non-hydrogen) atoms. The highest BCUT2D eigenvalue weighted by molar-refractivity contribution is 7.99. The molecule has 0 atom stereocenters. The molecule has 1 amide bonds. The molecule has 0 unspecified atom stereocenters. The molecular formula is C23H23NOS. The Morgan fingerprint density at radius 3 is 2.27 bits per heavy atom. The highest BCUT2D eigenvalue weighted by atomic mass is 32.2. The van der Waals surface area contributed by atoms with Crippen LogP contribution < -0.4 is 5.32 Å². The number of thioether (sulfide) groups is 1. The van der Waals surface area contributed by atoms with Crippen molar-refractivity contribution in [1.82, 2.24) is 0 Å². The maximum atomic E-state index is 12.4. The van der Waals surface area contributed by atoms with Crippen LogP contribution in [-0.4, -0.2) is 11.7 Å². The lowest BCUT2D eigenvalue weighted by Gasteiger charge is -2.11. The molecule has 132 valence electrons. The highest BCUT2D eigenvalue weighted by Gasteiger charge is 2.08. The first-order valence-electron chi connectivity index (χ1n) is 8.76. The number of anilines is 1. The second-order valence-electron chi connectivity index (χ2n) is 6.29. The minimum absolute atomic E-state index is 0.0455. The summed E-state index contributed by atoms with van der Waals surface area (Å²) in [6.07, 6.45) is 0.813. The van der Waals surface area contributed by atoms with Crippen molar-refractivity contribution in [1.29, 1.82) is 0 Å². The van der Waals surface area contributed by atoms with E-state index in [0.717, 1.165) is 23.4 Å². The third kappa shape index (κ3) is 5.24. The van der Waals surface area contributed by atoms with Crippen LogP contribution in [0.3, 0.4) is 0 Å². The van der Waals surface area contributed by atoms with Gasteiger partial charge in [0.25, 0.3) is 0 Å². The van der Waals surface area contributed by atoms with Crippen molar-refractivity contribution in [3.63, 3.8) is 0 Å². The van der Waals surface area contributed by atoms with Crippen LogP contribution >= 0.6 is 11.8 Å². The second kappa shape index (κ2) is 9.25. The molecular weight excluding hydrogens is 338 g/mol. The Labute approximate surface area is 159 Å². The second-order valence-corrected chi connectivity index (χ2v) is 7.27. The van der Waals surface area contributed by atoms with E-state index >= 15 is 0 Å². The normalized spacial score (nSPS) is 10.5. The fourth-order valence-corrected chi connectivity index (χ4v) is 3.73. The van der Waals surface area contributed by atoms with Crippen LogP contribution in [0.15, 0.2) is 78.9 Å². The number of rotatable bonds is 7. The van der Waals surface area contributed by atoms with Gasteiger partial charge in [-0.3, -0.25) is 4.79 Å². The number of para-hydroxylation sites is 1. The predicted octanol–water partition coefficient (Wildman–Crippen LogP) is 5.46. The van der Waals surface area contributed by atoms with Crippen molar-refractivity contribution >= 4 is 23.4 Å². The van der Waals surface area contributed by atoms with Crippen LogP contribution in [0.1, 0.15) is 22.3 Å². The Kier molecular flexibility index (Phi) is 6.50. The van der Waals surface area contributed by atoms with Crippen LogP contribution in [0.4, 0.5) is 5.69 Å². The van der Waals surface area contributed by atoms with Crippen molar-refractivity contribution in [2.45, 2.75) is 19.1 Å². The van der Waals surface area contributed by atoms with Gasteiger partial charge in [-0.05, 0) is 41.7 Å². The number of benzene rings is 3. The molecule has 0 aromatic heterocycles. The van der Waals surface area contributed by atoms with E-state index in [4.69, 9.17) is 0 Å². The van der Waals surface area contributed by atoms with Gasteiger partial charge < -0.3 is 5.32 Å². The first kappa shape index (κ1) is 18.3. The summed E-state index contributed by atoms with van der Waals surface area (Å²) < 4.78 is 0. The number of amides is 1. The van der Waals surface area contributed by atoms with Gasteiger partial charge in [0, 0.05) is 11.4 Å². The molecule has 1 N–H and O–H groups in total. The van der Waals surface area contributed by atoms with Gasteiger partial charge in [-0.15, -0.1) is 11.8 Å². The zero-order chi connectivity index (χ0) is 18.2. The molecule has 0 heterocycles. The molecule has 0 fully saturated rings. The first-order chi connectivity index (χ1) is 12.7. The standard InChI is InChI=1S/C23H23NOS/c1-18-9-5-6-13-21(18)16-26-17-23(25)24-22-14-8-7-12-20(22)15-19-10-3-2-4-11-19/h2-14H,15-17H2,1H3,(H,24,25). The molecule has 2 nitrogen and oxygen atoms in total. The number of carbonyl (C=O) groups is 1. The van der Waals surface area contributed by atoms with Crippen molar-refractivity contribution < 1.29 is 4.79 Å². The predicted molar refractivity (Wildman–Crippen MR) is 112 cm³/mol. The molecule has 3 heteroatoms. The third-order valence-electron chi connectivity index (χ3n) is 4.28. The summed E-state index contributed by atoms with van der Waals surface area (Å²) in [5.74, 6) is 1.35. The first-order valence-corrected chi connectivity index (χ1v) is 9.92. The molecule has 0 aliphatic rings.